The number of nitro groups is 1. The second-order valence-electron chi connectivity index (χ2n) is 25.1. The first-order chi connectivity index (χ1) is 48.2. The Morgan fingerprint density at radius 2 is 0.784 bits per heavy atom. The number of ether oxygens (including phenoxy) is 1. The summed E-state index contributed by atoms with van der Waals surface area (Å²) in [5.41, 5.74) is 19.6. The van der Waals surface area contributed by atoms with Gasteiger partial charge in [0.1, 0.15) is 5.75 Å². The minimum Gasteiger partial charge on any atom is -0.496 e. The Labute approximate surface area is 618 Å². The zero-order chi connectivity index (χ0) is 75.1. The van der Waals surface area contributed by atoms with E-state index in [1.165, 1.54) is 39.1 Å². The maximum absolute atomic E-state index is 12.5. The molecule has 1 heterocycles. The quantitative estimate of drug-likeness (QED) is 0.0242. The number of aromatic nitrogens is 1. The largest absolute Gasteiger partial charge is 0.496 e. The van der Waals surface area contributed by atoms with Gasteiger partial charge in [0, 0.05) is 71.4 Å². The predicted molar refractivity (Wildman–Crippen MR) is 419 cm³/mol. The Morgan fingerprint density at radius 3 is 1.22 bits per heavy atom. The molecule has 5 N–H and O–H groups in total. The topological polar surface area (TPSA) is 228 Å². The minimum atomic E-state index is -3.56. The molecule has 0 amide bonds. The van der Waals surface area contributed by atoms with E-state index in [2.05, 4.69) is 67.6 Å². The molecular formula is C80H94ClN7O9S5. The zero-order valence-electron chi connectivity index (χ0n) is 60.9. The van der Waals surface area contributed by atoms with Gasteiger partial charge < -0.3 is 4.74 Å². The SMILES string of the molecule is COc1ccccc1CNSc1c(C)cc(C)cc1C.Cc1cc(C)c(S(=O)(=O)NCc2ccccc2)c(C)c1.Cc1cc(C)c(S(=O)(=O)NCc2ccccc2Cl)c(C)c1.Cc1cc([N+](=O)[O-])cc(C)c1SNCc1ccccn1.Cc1cccc(CNS(=O)(=O)c2c(C)cc(C)cc2C)c1. The van der Waals surface area contributed by atoms with Gasteiger partial charge in [-0.3, -0.25) is 24.5 Å². The Kier molecular flexibility index (Phi) is 31.7. The molecule has 0 radical (unpaired) electrons. The smallest absolute Gasteiger partial charge is 0.270 e. The van der Waals surface area contributed by atoms with Crippen molar-refractivity contribution in [2.75, 3.05) is 7.11 Å². The number of benzene rings is 9. The number of sulfonamides is 3. The molecule has 9 aromatic carbocycles. The molecule has 0 fully saturated rings. The summed E-state index contributed by atoms with van der Waals surface area (Å²) in [6, 6.07) is 57.3. The Balaban J connectivity index is 0.000000200. The van der Waals surface area contributed by atoms with Gasteiger partial charge in [0.2, 0.25) is 30.1 Å². The number of halogens is 1. The third-order valence-corrected chi connectivity index (χ3v) is 23.7. The third kappa shape index (κ3) is 25.1. The highest BCUT2D eigenvalue weighted by Gasteiger charge is 2.23. The van der Waals surface area contributed by atoms with Crippen LogP contribution in [-0.2, 0) is 62.8 Å². The van der Waals surface area contributed by atoms with Gasteiger partial charge in [-0.2, -0.15) is 0 Å². The van der Waals surface area contributed by atoms with Crippen molar-refractivity contribution in [2.24, 2.45) is 0 Å². The zero-order valence-corrected chi connectivity index (χ0v) is 65.8. The van der Waals surface area contributed by atoms with Crippen molar-refractivity contribution in [3.63, 3.8) is 0 Å². The Hall–Kier alpha value is -8.03. The van der Waals surface area contributed by atoms with Crippen LogP contribution in [0.25, 0.3) is 0 Å². The van der Waals surface area contributed by atoms with Crippen molar-refractivity contribution in [3.05, 3.63) is 315 Å². The molecule has 0 atom stereocenters. The van der Waals surface area contributed by atoms with Crippen molar-refractivity contribution >= 4 is 71.3 Å². The summed E-state index contributed by atoms with van der Waals surface area (Å²) >= 11 is 9.21. The van der Waals surface area contributed by atoms with Gasteiger partial charge in [-0.25, -0.2) is 39.4 Å². The Morgan fingerprint density at radius 1 is 0.402 bits per heavy atom. The van der Waals surface area contributed by atoms with E-state index in [0.29, 0.717) is 39.3 Å². The lowest BCUT2D eigenvalue weighted by molar-refractivity contribution is -0.385. The second kappa shape index (κ2) is 39.0. The van der Waals surface area contributed by atoms with Crippen LogP contribution in [0.5, 0.6) is 5.75 Å². The van der Waals surface area contributed by atoms with Crippen molar-refractivity contribution in [1.82, 2.24) is 28.6 Å². The Bertz CT molecular complexity index is 4760. The van der Waals surface area contributed by atoms with E-state index in [1.807, 2.05) is 223 Å². The monoisotopic (exact) mass is 1490 g/mol. The summed E-state index contributed by atoms with van der Waals surface area (Å²) in [7, 11) is -8.84. The number of nitrogens with one attached hydrogen (secondary N) is 5. The van der Waals surface area contributed by atoms with E-state index < -0.39 is 30.1 Å². The number of pyridine rings is 1. The fourth-order valence-corrected chi connectivity index (χ4v) is 18.0. The van der Waals surface area contributed by atoms with Crippen LogP contribution in [0.1, 0.15) is 111 Å². The third-order valence-electron chi connectivity index (χ3n) is 15.9. The van der Waals surface area contributed by atoms with E-state index in [4.69, 9.17) is 16.3 Å². The maximum Gasteiger partial charge on any atom is 0.270 e. The van der Waals surface area contributed by atoms with Crippen LogP contribution in [-0.4, -0.2) is 42.3 Å². The fourth-order valence-electron chi connectivity index (χ4n) is 11.8. The van der Waals surface area contributed by atoms with E-state index in [0.717, 1.165) is 106 Å². The maximum atomic E-state index is 12.5. The number of methoxy groups -OCH3 is 1. The average Bonchev–Trinajstić information content (AvgIpc) is 0.810. The van der Waals surface area contributed by atoms with Crippen molar-refractivity contribution in [2.45, 2.75) is 161 Å². The minimum absolute atomic E-state index is 0.133. The highest BCUT2D eigenvalue weighted by molar-refractivity contribution is 7.97. The number of nitro benzene ring substituents is 1. The number of rotatable bonds is 22. The second-order valence-corrected chi connectivity index (χ2v) is 32.4. The first kappa shape index (κ1) is 82.9. The predicted octanol–water partition coefficient (Wildman–Crippen LogP) is 18.1. The summed E-state index contributed by atoms with van der Waals surface area (Å²) in [6.07, 6.45) is 1.75. The molecule has 540 valence electrons. The van der Waals surface area contributed by atoms with Gasteiger partial charge in [-0.15, -0.1) is 0 Å². The summed E-state index contributed by atoms with van der Waals surface area (Å²) in [4.78, 5) is 18.1. The lowest BCUT2D eigenvalue weighted by atomic mass is 10.1. The van der Waals surface area contributed by atoms with E-state index in [9.17, 15) is 35.4 Å². The molecule has 0 aliphatic heterocycles. The van der Waals surface area contributed by atoms with Crippen LogP contribution in [0, 0.1) is 114 Å². The van der Waals surface area contributed by atoms with Crippen LogP contribution < -0.4 is 28.3 Å². The number of hydrogen-bond donors (Lipinski definition) is 5. The highest BCUT2D eigenvalue weighted by atomic mass is 35.5. The van der Waals surface area contributed by atoms with Gasteiger partial charge in [-0.1, -0.05) is 185 Å². The van der Waals surface area contributed by atoms with Crippen LogP contribution in [0.15, 0.2) is 213 Å². The fraction of sp³-hybridized carbons (Fsp3) is 0.263. The van der Waals surface area contributed by atoms with Crippen LogP contribution in [0.2, 0.25) is 5.02 Å². The molecule has 102 heavy (non-hydrogen) atoms. The first-order valence-corrected chi connectivity index (χ1v) is 39.4. The first-order valence-electron chi connectivity index (χ1n) is 32.9. The molecule has 16 nitrogen and oxygen atoms in total. The highest BCUT2D eigenvalue weighted by Crippen LogP contribution is 2.31. The summed E-state index contributed by atoms with van der Waals surface area (Å²) < 4.78 is 95.0. The lowest BCUT2D eigenvalue weighted by Crippen LogP contribution is -2.25. The normalized spacial score (nSPS) is 11.2. The summed E-state index contributed by atoms with van der Waals surface area (Å²) in [5.74, 6) is 0.929. The molecule has 0 aliphatic carbocycles. The van der Waals surface area contributed by atoms with Crippen LogP contribution in [0.3, 0.4) is 0 Å². The number of aryl methyl sites for hydroxylation is 15. The molecule has 10 rings (SSSR count). The molecule has 0 aliphatic rings. The van der Waals surface area contributed by atoms with Crippen molar-refractivity contribution < 1.29 is 34.9 Å². The molecule has 0 unspecified atom stereocenters. The number of nitrogens with zero attached hydrogens (tertiary/aromatic N) is 2. The number of para-hydroxylation sites is 1. The standard InChI is InChI=1S/C17H21NO2S.C17H21NOS.C16H18ClNO2S.C16H19NO2S.C14H15N3O2S/c1-12-6-5-7-16(10-12)11-18-21(19,20)17-14(3)8-13(2)9-15(17)4;1-12-9-13(2)17(14(3)10-12)20-18-11-15-7-5-6-8-16(15)19-4;1-11-8-12(2)16(13(3)9-11)21(19,20)18-10-14-6-4-5-7-15(14)17;1-12-9-13(2)16(14(3)10-12)20(18,19)17-11-15-7-5-4-6-8-15;1-10-7-13(17(18)19)8-11(2)14(10)20-16-9-12-5-3-4-6-15-12/h5-10,18H,11H2,1-4H3;5-10,18H,11H2,1-4H3;4-9,18H,10H2,1-3H3;4-10,17H,11H2,1-3H3;3-8,16H,9H2,1-2H3. The van der Waals surface area contributed by atoms with Gasteiger partial charge in [-0.05, 0) is 224 Å². The summed E-state index contributed by atoms with van der Waals surface area (Å²) in [5, 5.41) is 11.3. The van der Waals surface area contributed by atoms with Crippen molar-refractivity contribution in [3.8, 4) is 5.75 Å². The van der Waals surface area contributed by atoms with E-state index in [1.54, 1.807) is 49.5 Å². The molecule has 0 spiro atoms. The van der Waals surface area contributed by atoms with Gasteiger partial charge in [0.05, 0.1) is 32.4 Å². The molecule has 22 heteroatoms. The lowest BCUT2D eigenvalue weighted by Gasteiger charge is -2.13. The summed E-state index contributed by atoms with van der Waals surface area (Å²) in [6.45, 7) is 31.2. The molecule has 1 aromatic heterocycles. The van der Waals surface area contributed by atoms with Crippen molar-refractivity contribution in [1.29, 1.82) is 0 Å². The van der Waals surface area contributed by atoms with E-state index in [-0.39, 0.29) is 17.2 Å². The van der Waals surface area contributed by atoms with Crippen LogP contribution in [0.4, 0.5) is 5.69 Å². The average molecular weight is 1490 g/mol. The molecule has 0 saturated carbocycles. The van der Waals surface area contributed by atoms with E-state index >= 15 is 0 Å². The molecule has 0 saturated heterocycles. The van der Waals surface area contributed by atoms with Gasteiger partial charge in [0.25, 0.3) is 5.69 Å². The van der Waals surface area contributed by atoms with Gasteiger partial charge in [0.15, 0.2) is 0 Å². The molecule has 10 aromatic rings. The number of hydrogen-bond acceptors (Lipinski definition) is 14. The van der Waals surface area contributed by atoms with Crippen LogP contribution >= 0.6 is 35.5 Å². The van der Waals surface area contributed by atoms with Gasteiger partial charge >= 0.3 is 0 Å². The number of non-ortho nitro benzene ring substituents is 1. The molecule has 0 bridgehead atoms. The molecular weight excluding hydrogens is 1400 g/mol.